The summed E-state index contributed by atoms with van der Waals surface area (Å²) in [5.41, 5.74) is 1.24. The van der Waals surface area contributed by atoms with Crippen molar-refractivity contribution in [1.29, 1.82) is 0 Å². The van der Waals surface area contributed by atoms with Crippen LogP contribution >= 0.6 is 0 Å². The monoisotopic (exact) mass is 233 g/mol. The highest BCUT2D eigenvalue weighted by Crippen LogP contribution is 2.31. The first-order valence-electron chi connectivity index (χ1n) is 4.30. The smallest absolute Gasteiger partial charge is 0.355 e. The van der Waals surface area contributed by atoms with Gasteiger partial charge in [0.25, 0.3) is 5.91 Å². The summed E-state index contributed by atoms with van der Waals surface area (Å²) in [4.78, 5) is 11.3. The molecule has 7 heteroatoms. The molecule has 0 saturated heterocycles. The molecule has 88 valence electrons. The SMILES string of the molecule is CNC(=O)c1cc(C(F)(F)F)ccc1NN. The number of benzene rings is 1. The first-order chi connectivity index (χ1) is 7.40. The van der Waals surface area contributed by atoms with Gasteiger partial charge in [0.2, 0.25) is 0 Å². The van der Waals surface area contributed by atoms with Gasteiger partial charge in [-0.15, -0.1) is 0 Å². The van der Waals surface area contributed by atoms with Crippen molar-refractivity contribution in [2.45, 2.75) is 6.18 Å². The lowest BCUT2D eigenvalue weighted by atomic mass is 10.1. The first kappa shape index (κ1) is 12.3. The fraction of sp³-hybridized carbons (Fsp3) is 0.222. The van der Waals surface area contributed by atoms with Gasteiger partial charge >= 0.3 is 6.18 Å². The number of carbonyl (C=O) groups is 1. The largest absolute Gasteiger partial charge is 0.416 e. The third kappa shape index (κ3) is 2.43. The predicted molar refractivity (Wildman–Crippen MR) is 52.6 cm³/mol. The van der Waals surface area contributed by atoms with Crippen LogP contribution in [0.3, 0.4) is 0 Å². The number of hydrogen-bond donors (Lipinski definition) is 3. The highest BCUT2D eigenvalue weighted by atomic mass is 19.4. The molecule has 1 aromatic rings. The number of nitrogen functional groups attached to an aromatic ring is 1. The lowest BCUT2D eigenvalue weighted by Crippen LogP contribution is -2.22. The van der Waals surface area contributed by atoms with Crippen LogP contribution < -0.4 is 16.6 Å². The molecule has 0 spiro atoms. The maximum Gasteiger partial charge on any atom is 0.416 e. The minimum atomic E-state index is -4.49. The van der Waals surface area contributed by atoms with Crippen molar-refractivity contribution in [1.82, 2.24) is 5.32 Å². The summed E-state index contributed by atoms with van der Waals surface area (Å²) in [6.07, 6.45) is -4.49. The zero-order chi connectivity index (χ0) is 12.3. The van der Waals surface area contributed by atoms with Gasteiger partial charge in [-0.1, -0.05) is 0 Å². The second-order valence-corrected chi connectivity index (χ2v) is 2.98. The van der Waals surface area contributed by atoms with Gasteiger partial charge in [-0.2, -0.15) is 13.2 Å². The van der Waals surface area contributed by atoms with E-state index >= 15 is 0 Å². The van der Waals surface area contributed by atoms with E-state index in [-0.39, 0.29) is 11.3 Å². The highest BCUT2D eigenvalue weighted by molar-refractivity contribution is 5.99. The van der Waals surface area contributed by atoms with Crippen LogP contribution in [0.1, 0.15) is 15.9 Å². The molecule has 1 rings (SSSR count). The topological polar surface area (TPSA) is 67.2 Å². The number of nitrogens with one attached hydrogen (secondary N) is 2. The molecule has 0 aromatic heterocycles. The third-order valence-corrected chi connectivity index (χ3v) is 1.97. The van der Waals surface area contributed by atoms with Gasteiger partial charge in [0, 0.05) is 7.05 Å². The number of carbonyl (C=O) groups excluding carboxylic acids is 1. The summed E-state index contributed by atoms with van der Waals surface area (Å²) in [5.74, 6) is 4.45. The zero-order valence-electron chi connectivity index (χ0n) is 8.35. The Morgan fingerprint density at radius 1 is 1.38 bits per heavy atom. The van der Waals surface area contributed by atoms with Gasteiger partial charge in [-0.25, -0.2) is 0 Å². The number of alkyl halides is 3. The van der Waals surface area contributed by atoms with Crippen LogP contribution in [-0.2, 0) is 6.18 Å². The van der Waals surface area contributed by atoms with E-state index in [9.17, 15) is 18.0 Å². The fourth-order valence-electron chi connectivity index (χ4n) is 1.17. The van der Waals surface area contributed by atoms with Crippen LogP contribution in [0.2, 0.25) is 0 Å². The molecule has 0 fully saturated rings. The molecule has 0 radical (unpaired) electrons. The molecule has 0 aliphatic carbocycles. The summed E-state index contributed by atoms with van der Waals surface area (Å²) in [6.45, 7) is 0. The van der Waals surface area contributed by atoms with Crippen molar-refractivity contribution < 1.29 is 18.0 Å². The number of halogens is 3. The van der Waals surface area contributed by atoms with Crippen molar-refractivity contribution in [2.24, 2.45) is 5.84 Å². The van der Waals surface area contributed by atoms with Crippen molar-refractivity contribution in [3.63, 3.8) is 0 Å². The Hall–Kier alpha value is -1.76. The summed E-state index contributed by atoms with van der Waals surface area (Å²) in [5, 5.41) is 2.23. The summed E-state index contributed by atoms with van der Waals surface area (Å²) in [6, 6.07) is 2.70. The maximum absolute atomic E-state index is 12.4. The number of hydrogen-bond acceptors (Lipinski definition) is 3. The highest BCUT2D eigenvalue weighted by Gasteiger charge is 2.31. The molecule has 0 aliphatic rings. The second-order valence-electron chi connectivity index (χ2n) is 2.98. The van der Waals surface area contributed by atoms with Crippen LogP contribution in [-0.4, -0.2) is 13.0 Å². The van der Waals surface area contributed by atoms with E-state index in [1.54, 1.807) is 0 Å². The Labute approximate surface area is 89.6 Å². The zero-order valence-corrected chi connectivity index (χ0v) is 8.35. The van der Waals surface area contributed by atoms with Crippen molar-refractivity contribution in [3.05, 3.63) is 29.3 Å². The average molecular weight is 233 g/mol. The van der Waals surface area contributed by atoms with Gasteiger partial charge < -0.3 is 10.7 Å². The molecule has 1 aromatic carbocycles. The number of amides is 1. The van der Waals surface area contributed by atoms with Crippen molar-refractivity contribution in [2.75, 3.05) is 12.5 Å². The van der Waals surface area contributed by atoms with Gasteiger partial charge in [-0.05, 0) is 18.2 Å². The normalized spacial score (nSPS) is 11.1. The molecular formula is C9H10F3N3O. The van der Waals surface area contributed by atoms with Crippen molar-refractivity contribution in [3.8, 4) is 0 Å². The quantitative estimate of drug-likeness (QED) is 0.533. The molecule has 0 saturated carbocycles. The third-order valence-electron chi connectivity index (χ3n) is 1.97. The van der Waals surface area contributed by atoms with E-state index in [0.717, 1.165) is 18.2 Å². The molecule has 1 amide bonds. The van der Waals surface area contributed by atoms with E-state index in [0.29, 0.717) is 0 Å². The maximum atomic E-state index is 12.4. The number of anilines is 1. The van der Waals surface area contributed by atoms with Crippen molar-refractivity contribution >= 4 is 11.6 Å². The molecule has 16 heavy (non-hydrogen) atoms. The lowest BCUT2D eigenvalue weighted by molar-refractivity contribution is -0.137. The molecule has 0 atom stereocenters. The Balaban J connectivity index is 3.27. The minimum Gasteiger partial charge on any atom is -0.355 e. The second kappa shape index (κ2) is 4.40. The first-order valence-corrected chi connectivity index (χ1v) is 4.30. The van der Waals surface area contributed by atoms with Crippen LogP contribution in [0, 0.1) is 0 Å². The Morgan fingerprint density at radius 2 is 2.00 bits per heavy atom. The molecule has 0 bridgehead atoms. The molecular weight excluding hydrogens is 223 g/mol. The minimum absolute atomic E-state index is 0.132. The number of nitrogens with two attached hydrogens (primary N) is 1. The fourth-order valence-corrected chi connectivity index (χ4v) is 1.17. The van der Waals surface area contributed by atoms with E-state index in [1.807, 2.05) is 0 Å². The Bertz CT molecular complexity index is 403. The van der Waals surface area contributed by atoms with Crippen LogP contribution in [0.5, 0.6) is 0 Å². The van der Waals surface area contributed by atoms with E-state index in [1.165, 1.54) is 7.05 Å². The van der Waals surface area contributed by atoms with Gasteiger partial charge in [-0.3, -0.25) is 10.6 Å². The summed E-state index contributed by atoms with van der Waals surface area (Å²) >= 11 is 0. The standard InChI is InChI=1S/C9H10F3N3O/c1-14-8(16)6-4-5(9(10,11)12)2-3-7(6)15-13/h2-4,15H,13H2,1H3,(H,14,16). The lowest BCUT2D eigenvalue weighted by Gasteiger charge is -2.12. The van der Waals surface area contributed by atoms with Crippen LogP contribution in [0.15, 0.2) is 18.2 Å². The van der Waals surface area contributed by atoms with E-state index in [4.69, 9.17) is 5.84 Å². The molecule has 0 aliphatic heterocycles. The van der Waals surface area contributed by atoms with Crippen LogP contribution in [0.4, 0.5) is 18.9 Å². The Kier molecular flexibility index (Phi) is 3.38. The summed E-state index contributed by atoms with van der Waals surface area (Å²) in [7, 11) is 1.32. The molecule has 4 nitrogen and oxygen atoms in total. The van der Waals surface area contributed by atoms with Gasteiger partial charge in [0.15, 0.2) is 0 Å². The molecule has 4 N–H and O–H groups in total. The predicted octanol–water partition coefficient (Wildman–Crippen LogP) is 1.35. The van der Waals surface area contributed by atoms with Gasteiger partial charge in [0.1, 0.15) is 0 Å². The van der Waals surface area contributed by atoms with E-state index < -0.39 is 17.6 Å². The number of rotatable bonds is 2. The van der Waals surface area contributed by atoms with Crippen LogP contribution in [0.25, 0.3) is 0 Å². The average Bonchev–Trinajstić information content (AvgIpc) is 2.25. The molecule has 0 unspecified atom stereocenters. The summed E-state index contributed by atoms with van der Waals surface area (Å²) < 4.78 is 37.2. The number of hydrazine groups is 1. The molecule has 0 heterocycles. The van der Waals surface area contributed by atoms with E-state index in [2.05, 4.69) is 10.7 Å². The Morgan fingerprint density at radius 3 is 2.44 bits per heavy atom. The van der Waals surface area contributed by atoms with Gasteiger partial charge in [0.05, 0.1) is 16.8 Å².